The van der Waals surface area contributed by atoms with E-state index in [1.165, 1.54) is 20.9 Å². The zero-order chi connectivity index (χ0) is 10.5. The third-order valence-corrected chi connectivity index (χ3v) is 1.47. The monoisotopic (exact) mass is 188 g/mol. The van der Waals surface area contributed by atoms with Crippen LogP contribution in [0.25, 0.3) is 0 Å². The Balaban J connectivity index is 3.67. The quantitative estimate of drug-likeness (QED) is 0.530. The number of carbonyl (C=O) groups excluding carboxylic acids is 2. The van der Waals surface area contributed by atoms with E-state index in [-0.39, 0.29) is 18.9 Å². The van der Waals surface area contributed by atoms with Gasteiger partial charge >= 0.3 is 0 Å². The first-order valence-corrected chi connectivity index (χ1v) is 4.09. The molecule has 3 N–H and O–H groups in total. The lowest BCUT2D eigenvalue weighted by Crippen LogP contribution is -2.43. The van der Waals surface area contributed by atoms with Crippen molar-refractivity contribution in [3.63, 3.8) is 0 Å². The molecule has 0 rings (SSSR count). The van der Waals surface area contributed by atoms with Crippen molar-refractivity contribution >= 4 is 11.8 Å². The minimum Gasteiger partial charge on any atom is -0.381 e. The Bertz CT molecular complexity index is 196. The summed E-state index contributed by atoms with van der Waals surface area (Å²) in [4.78, 5) is 21.8. The molecule has 0 heterocycles. The van der Waals surface area contributed by atoms with Crippen molar-refractivity contribution in [3.05, 3.63) is 0 Å². The first-order chi connectivity index (χ1) is 5.88. The van der Waals surface area contributed by atoms with Crippen LogP contribution in [0.5, 0.6) is 0 Å². The van der Waals surface area contributed by atoms with Crippen LogP contribution >= 0.6 is 0 Å². The van der Waals surface area contributed by atoms with Crippen molar-refractivity contribution in [1.82, 2.24) is 10.6 Å². The number of amides is 2. The van der Waals surface area contributed by atoms with Gasteiger partial charge in [-0.05, 0) is 13.8 Å². The topological polar surface area (TPSA) is 78.4 Å². The average molecular weight is 188 g/mol. The third kappa shape index (κ3) is 5.19. The maximum Gasteiger partial charge on any atom is 0.251 e. The van der Waals surface area contributed by atoms with Crippen LogP contribution in [-0.2, 0) is 9.59 Å². The molecule has 0 aliphatic carbocycles. The van der Waals surface area contributed by atoms with E-state index in [0.29, 0.717) is 0 Å². The van der Waals surface area contributed by atoms with Crippen LogP contribution in [0, 0.1) is 0 Å². The minimum absolute atomic E-state index is 0.143. The van der Waals surface area contributed by atoms with Crippen LogP contribution in [0.3, 0.4) is 0 Å². The molecule has 0 aromatic rings. The second-order valence-corrected chi connectivity index (χ2v) is 3.24. The number of carbonyl (C=O) groups is 2. The van der Waals surface area contributed by atoms with Gasteiger partial charge in [0.2, 0.25) is 5.91 Å². The third-order valence-electron chi connectivity index (χ3n) is 1.47. The van der Waals surface area contributed by atoms with E-state index in [1.807, 2.05) is 0 Å². The minimum atomic E-state index is -1.39. The van der Waals surface area contributed by atoms with Crippen molar-refractivity contribution < 1.29 is 14.7 Å². The molecule has 0 bridgehead atoms. The lowest BCUT2D eigenvalue weighted by Gasteiger charge is -2.16. The molecular formula is C8H16N2O3. The summed E-state index contributed by atoms with van der Waals surface area (Å²) >= 11 is 0. The summed E-state index contributed by atoms with van der Waals surface area (Å²) in [6, 6.07) is 0. The Hall–Kier alpha value is -1.10. The van der Waals surface area contributed by atoms with E-state index in [9.17, 15) is 14.7 Å². The fourth-order valence-corrected chi connectivity index (χ4v) is 0.631. The SMILES string of the molecule is CNC(=O)CCNC(=O)C(C)(C)O. The highest BCUT2D eigenvalue weighted by Gasteiger charge is 2.22. The fourth-order valence-electron chi connectivity index (χ4n) is 0.631. The summed E-state index contributed by atoms with van der Waals surface area (Å²) in [7, 11) is 1.53. The molecule has 0 radical (unpaired) electrons. The molecule has 0 aliphatic heterocycles. The predicted molar refractivity (Wildman–Crippen MR) is 48.0 cm³/mol. The molecule has 0 spiro atoms. The van der Waals surface area contributed by atoms with Gasteiger partial charge < -0.3 is 15.7 Å². The second kappa shape index (κ2) is 4.81. The van der Waals surface area contributed by atoms with Gasteiger partial charge in [0.1, 0.15) is 5.60 Å². The molecule has 76 valence electrons. The molecule has 0 aliphatic rings. The van der Waals surface area contributed by atoms with Crippen molar-refractivity contribution in [2.45, 2.75) is 25.9 Å². The summed E-state index contributed by atoms with van der Waals surface area (Å²) in [6.07, 6.45) is 0.221. The van der Waals surface area contributed by atoms with E-state index >= 15 is 0 Å². The Morgan fingerprint density at radius 2 is 1.92 bits per heavy atom. The van der Waals surface area contributed by atoms with Crippen molar-refractivity contribution in [2.75, 3.05) is 13.6 Å². The number of hydrogen-bond donors (Lipinski definition) is 3. The fraction of sp³-hybridized carbons (Fsp3) is 0.750. The Kier molecular flexibility index (Phi) is 4.40. The number of nitrogens with one attached hydrogen (secondary N) is 2. The van der Waals surface area contributed by atoms with Gasteiger partial charge in [0.05, 0.1) is 0 Å². The maximum atomic E-state index is 11.0. The molecule has 5 heteroatoms. The normalized spacial score (nSPS) is 10.8. The van der Waals surface area contributed by atoms with Crippen LogP contribution < -0.4 is 10.6 Å². The van der Waals surface area contributed by atoms with E-state index in [1.54, 1.807) is 0 Å². The van der Waals surface area contributed by atoms with Gasteiger partial charge in [0.25, 0.3) is 5.91 Å². The van der Waals surface area contributed by atoms with E-state index < -0.39 is 11.5 Å². The molecule has 0 aromatic heterocycles. The first kappa shape index (κ1) is 11.9. The average Bonchev–Trinajstić information content (AvgIpc) is 2.02. The highest BCUT2D eigenvalue weighted by molar-refractivity contribution is 5.84. The van der Waals surface area contributed by atoms with Gasteiger partial charge in [0.15, 0.2) is 0 Å². The van der Waals surface area contributed by atoms with Crippen LogP contribution in [-0.4, -0.2) is 36.1 Å². The van der Waals surface area contributed by atoms with Gasteiger partial charge in [-0.2, -0.15) is 0 Å². The molecule has 0 saturated carbocycles. The number of rotatable bonds is 4. The second-order valence-electron chi connectivity index (χ2n) is 3.24. The van der Waals surface area contributed by atoms with Gasteiger partial charge in [-0.3, -0.25) is 9.59 Å². The van der Waals surface area contributed by atoms with Crippen LogP contribution in [0.15, 0.2) is 0 Å². The van der Waals surface area contributed by atoms with E-state index in [4.69, 9.17) is 0 Å². The summed E-state index contributed by atoms with van der Waals surface area (Å²) < 4.78 is 0. The number of hydrogen-bond acceptors (Lipinski definition) is 3. The molecule has 13 heavy (non-hydrogen) atoms. The van der Waals surface area contributed by atoms with E-state index in [0.717, 1.165) is 0 Å². The smallest absolute Gasteiger partial charge is 0.251 e. The molecule has 2 amide bonds. The van der Waals surface area contributed by atoms with Crippen LogP contribution in [0.4, 0.5) is 0 Å². The highest BCUT2D eigenvalue weighted by Crippen LogP contribution is 1.99. The van der Waals surface area contributed by atoms with E-state index in [2.05, 4.69) is 10.6 Å². The molecule has 0 atom stereocenters. The maximum absolute atomic E-state index is 11.0. The molecule has 5 nitrogen and oxygen atoms in total. The largest absolute Gasteiger partial charge is 0.381 e. The molecule has 0 fully saturated rings. The lowest BCUT2D eigenvalue weighted by molar-refractivity contribution is -0.136. The van der Waals surface area contributed by atoms with Crippen LogP contribution in [0.2, 0.25) is 0 Å². The Morgan fingerprint density at radius 3 is 2.31 bits per heavy atom. The summed E-state index contributed by atoms with van der Waals surface area (Å²) in [6.45, 7) is 3.02. The van der Waals surface area contributed by atoms with Gasteiger partial charge in [-0.1, -0.05) is 0 Å². The van der Waals surface area contributed by atoms with Gasteiger partial charge in [-0.15, -0.1) is 0 Å². The number of aliphatic hydroxyl groups is 1. The zero-order valence-corrected chi connectivity index (χ0v) is 8.18. The van der Waals surface area contributed by atoms with Crippen LogP contribution in [0.1, 0.15) is 20.3 Å². The molecule has 0 unspecified atom stereocenters. The zero-order valence-electron chi connectivity index (χ0n) is 8.18. The standard InChI is InChI=1S/C8H16N2O3/c1-8(2,13)7(12)10-5-4-6(11)9-3/h13H,4-5H2,1-3H3,(H,9,11)(H,10,12). The molecule has 0 saturated heterocycles. The van der Waals surface area contributed by atoms with Gasteiger partial charge in [0, 0.05) is 20.0 Å². The highest BCUT2D eigenvalue weighted by atomic mass is 16.3. The molecular weight excluding hydrogens is 172 g/mol. The van der Waals surface area contributed by atoms with Gasteiger partial charge in [-0.25, -0.2) is 0 Å². The predicted octanol–water partition coefficient (Wildman–Crippen LogP) is -0.990. The Morgan fingerprint density at radius 1 is 1.38 bits per heavy atom. The lowest BCUT2D eigenvalue weighted by atomic mass is 10.1. The molecule has 0 aromatic carbocycles. The van der Waals surface area contributed by atoms with Crippen molar-refractivity contribution in [2.24, 2.45) is 0 Å². The summed E-state index contributed by atoms with van der Waals surface area (Å²) in [5.41, 5.74) is -1.39. The van der Waals surface area contributed by atoms with Crippen molar-refractivity contribution in [1.29, 1.82) is 0 Å². The first-order valence-electron chi connectivity index (χ1n) is 4.09. The van der Waals surface area contributed by atoms with Crippen molar-refractivity contribution in [3.8, 4) is 0 Å². The summed E-state index contributed by atoms with van der Waals surface area (Å²) in [5.74, 6) is -0.618. The summed E-state index contributed by atoms with van der Waals surface area (Å²) in [5, 5.41) is 14.1. The Labute approximate surface area is 77.5 Å².